The summed E-state index contributed by atoms with van der Waals surface area (Å²) in [6.45, 7) is 2.27. The molecule has 1 fully saturated rings. The van der Waals surface area contributed by atoms with Crippen LogP contribution in [0.3, 0.4) is 0 Å². The van der Waals surface area contributed by atoms with Crippen molar-refractivity contribution in [2.45, 2.75) is 25.3 Å². The van der Waals surface area contributed by atoms with E-state index in [0.717, 1.165) is 31.6 Å². The van der Waals surface area contributed by atoms with Crippen molar-refractivity contribution in [3.05, 3.63) is 68.4 Å². The van der Waals surface area contributed by atoms with Gasteiger partial charge in [0, 0.05) is 38.2 Å². The van der Waals surface area contributed by atoms with Crippen molar-refractivity contribution in [1.82, 2.24) is 14.9 Å². The summed E-state index contributed by atoms with van der Waals surface area (Å²) in [5.74, 6) is 0.837. The third-order valence-electron chi connectivity index (χ3n) is 5.32. The van der Waals surface area contributed by atoms with E-state index in [4.69, 9.17) is 4.42 Å². The molecule has 3 aromatic rings. The minimum absolute atomic E-state index is 0.0378. The van der Waals surface area contributed by atoms with E-state index in [0.29, 0.717) is 29.0 Å². The number of nitrogens with zero attached hydrogens (tertiary/aromatic N) is 3. The Morgan fingerprint density at radius 2 is 1.96 bits per heavy atom. The minimum Gasteiger partial charge on any atom is -0.464 e. The van der Waals surface area contributed by atoms with Crippen LogP contribution in [0, 0.1) is 0 Å². The molecule has 146 valence electrons. The van der Waals surface area contributed by atoms with Gasteiger partial charge >= 0.3 is 0 Å². The molecule has 0 aliphatic carbocycles. The normalized spacial score (nSPS) is 15.8. The number of hydrogen-bond donors (Lipinski definition) is 1. The van der Waals surface area contributed by atoms with Crippen molar-refractivity contribution in [2.24, 2.45) is 0 Å². The first kappa shape index (κ1) is 18.4. The Hall–Kier alpha value is -2.93. The Labute approximate surface area is 162 Å². The van der Waals surface area contributed by atoms with Crippen LogP contribution in [0.1, 0.15) is 30.0 Å². The van der Waals surface area contributed by atoms with Gasteiger partial charge in [0.1, 0.15) is 5.58 Å². The zero-order valence-corrected chi connectivity index (χ0v) is 16.1. The number of H-pyrrole nitrogens is 1. The number of anilines is 1. The monoisotopic (exact) mass is 380 g/mol. The zero-order valence-electron chi connectivity index (χ0n) is 16.1. The van der Waals surface area contributed by atoms with Gasteiger partial charge < -0.3 is 9.32 Å². The number of aromatic nitrogens is 2. The molecule has 0 spiro atoms. The molecule has 2 aromatic heterocycles. The highest BCUT2D eigenvalue weighted by Gasteiger charge is 2.23. The van der Waals surface area contributed by atoms with E-state index in [9.17, 15) is 9.59 Å². The number of nitrogens with one attached hydrogen (secondary N) is 1. The second-order valence-electron chi connectivity index (χ2n) is 7.52. The Bertz CT molecular complexity index is 1090. The van der Waals surface area contributed by atoms with Gasteiger partial charge in [-0.3, -0.25) is 19.5 Å². The fraction of sp³-hybridized carbons (Fsp3) is 0.381. The second-order valence-corrected chi connectivity index (χ2v) is 7.52. The molecule has 1 aliphatic rings. The van der Waals surface area contributed by atoms with Gasteiger partial charge in [0.2, 0.25) is 5.95 Å². The number of likely N-dealkylation sites (tertiary alicyclic amines) is 1. The maximum Gasteiger partial charge on any atom is 0.252 e. The van der Waals surface area contributed by atoms with Crippen LogP contribution in [0.25, 0.3) is 11.0 Å². The first-order valence-electron chi connectivity index (χ1n) is 9.51. The van der Waals surface area contributed by atoms with Gasteiger partial charge in [0.25, 0.3) is 5.56 Å². The lowest BCUT2D eigenvalue weighted by Gasteiger charge is -2.31. The summed E-state index contributed by atoms with van der Waals surface area (Å²) >= 11 is 0. The summed E-state index contributed by atoms with van der Waals surface area (Å²) in [4.78, 5) is 36.0. The maximum absolute atomic E-state index is 12.7. The summed E-state index contributed by atoms with van der Waals surface area (Å²) < 4.78 is 5.62. The second kappa shape index (κ2) is 7.59. The Morgan fingerprint density at radius 3 is 2.71 bits per heavy atom. The van der Waals surface area contributed by atoms with Crippen LogP contribution in [0.4, 0.5) is 5.95 Å². The molecule has 0 atom stereocenters. The van der Waals surface area contributed by atoms with E-state index < -0.39 is 0 Å². The average Bonchev–Trinajstić information content (AvgIpc) is 2.70. The van der Waals surface area contributed by atoms with Crippen molar-refractivity contribution in [1.29, 1.82) is 0 Å². The lowest BCUT2D eigenvalue weighted by Crippen LogP contribution is -2.34. The lowest BCUT2D eigenvalue weighted by molar-refractivity contribution is 0.201. The van der Waals surface area contributed by atoms with E-state index in [1.54, 1.807) is 23.3 Å². The highest BCUT2D eigenvalue weighted by Crippen LogP contribution is 2.27. The fourth-order valence-electron chi connectivity index (χ4n) is 3.74. The van der Waals surface area contributed by atoms with Crippen LogP contribution in [0.5, 0.6) is 0 Å². The van der Waals surface area contributed by atoms with Gasteiger partial charge in [0.15, 0.2) is 5.43 Å². The third-order valence-corrected chi connectivity index (χ3v) is 5.32. The third kappa shape index (κ3) is 3.71. The zero-order chi connectivity index (χ0) is 19.7. The Kier molecular flexibility index (Phi) is 5.00. The first-order chi connectivity index (χ1) is 13.5. The quantitative estimate of drug-likeness (QED) is 0.748. The topological polar surface area (TPSA) is 82.4 Å². The first-order valence-corrected chi connectivity index (χ1v) is 9.51. The maximum atomic E-state index is 12.7. The van der Waals surface area contributed by atoms with Gasteiger partial charge in [-0.1, -0.05) is 12.1 Å². The molecule has 0 unspecified atom stereocenters. The molecule has 0 saturated carbocycles. The van der Waals surface area contributed by atoms with E-state index in [1.807, 2.05) is 32.3 Å². The summed E-state index contributed by atoms with van der Waals surface area (Å²) in [7, 11) is 3.72. The summed E-state index contributed by atoms with van der Waals surface area (Å²) in [5.41, 5.74) is 2.06. The summed E-state index contributed by atoms with van der Waals surface area (Å²) in [6, 6.07) is 8.93. The predicted molar refractivity (Wildman–Crippen MR) is 109 cm³/mol. The molecule has 1 aliphatic heterocycles. The van der Waals surface area contributed by atoms with Gasteiger partial charge in [-0.15, -0.1) is 0 Å². The van der Waals surface area contributed by atoms with Crippen molar-refractivity contribution in [3.8, 4) is 0 Å². The molecular formula is C21H24N4O3. The summed E-state index contributed by atoms with van der Waals surface area (Å²) in [6.07, 6.45) is 3.39. The fourth-order valence-corrected chi connectivity index (χ4v) is 3.74. The molecule has 7 nitrogen and oxygen atoms in total. The van der Waals surface area contributed by atoms with Crippen LogP contribution in [-0.4, -0.2) is 42.1 Å². The van der Waals surface area contributed by atoms with Crippen molar-refractivity contribution >= 4 is 16.9 Å². The van der Waals surface area contributed by atoms with Crippen LogP contribution in [0.15, 0.2) is 50.6 Å². The van der Waals surface area contributed by atoms with Crippen LogP contribution in [0.2, 0.25) is 0 Å². The van der Waals surface area contributed by atoms with Crippen LogP contribution >= 0.6 is 0 Å². The highest BCUT2D eigenvalue weighted by atomic mass is 16.3. The van der Waals surface area contributed by atoms with Gasteiger partial charge in [-0.05, 0) is 38.1 Å². The summed E-state index contributed by atoms with van der Waals surface area (Å²) in [5, 5.41) is 0.624. The van der Waals surface area contributed by atoms with E-state index in [1.165, 1.54) is 0 Å². The number of piperidine rings is 1. The molecule has 1 N–H and O–H groups in total. The number of benzene rings is 1. The van der Waals surface area contributed by atoms with E-state index in [2.05, 4.69) is 14.9 Å². The molecule has 0 radical (unpaired) electrons. The lowest BCUT2D eigenvalue weighted by atomic mass is 9.93. The molecule has 4 rings (SSSR count). The van der Waals surface area contributed by atoms with Crippen molar-refractivity contribution in [3.63, 3.8) is 0 Å². The van der Waals surface area contributed by atoms with Crippen LogP contribution in [-0.2, 0) is 6.54 Å². The van der Waals surface area contributed by atoms with E-state index in [-0.39, 0.29) is 16.9 Å². The van der Waals surface area contributed by atoms with Crippen molar-refractivity contribution in [2.75, 3.05) is 32.1 Å². The van der Waals surface area contributed by atoms with E-state index >= 15 is 0 Å². The molecule has 28 heavy (non-hydrogen) atoms. The highest BCUT2D eigenvalue weighted by molar-refractivity contribution is 5.76. The Balaban J connectivity index is 1.46. The molecular weight excluding hydrogens is 356 g/mol. The SMILES string of the molecule is CN(C)c1nc(C2CCN(Cc3coc4ccccc4c3=O)CC2)cc(=O)[nH]1. The number of aromatic amines is 1. The Morgan fingerprint density at radius 1 is 1.21 bits per heavy atom. The number of hydrogen-bond acceptors (Lipinski definition) is 6. The smallest absolute Gasteiger partial charge is 0.252 e. The molecule has 3 heterocycles. The largest absolute Gasteiger partial charge is 0.464 e. The van der Waals surface area contributed by atoms with Crippen molar-refractivity contribution < 1.29 is 4.42 Å². The van der Waals surface area contributed by atoms with Gasteiger partial charge in [-0.25, -0.2) is 4.98 Å². The molecule has 0 bridgehead atoms. The van der Waals surface area contributed by atoms with Gasteiger partial charge in [0.05, 0.1) is 17.3 Å². The number of para-hydroxylation sites is 1. The molecule has 1 aromatic carbocycles. The standard InChI is InChI=1S/C21H24N4O3/c1-24(2)21-22-17(11-19(26)23-21)14-7-9-25(10-8-14)12-15-13-28-18-6-4-3-5-16(18)20(15)27/h3-6,11,13-14H,7-10,12H2,1-2H3,(H,22,23,26). The average molecular weight is 380 g/mol. The molecule has 1 saturated heterocycles. The minimum atomic E-state index is -0.120. The van der Waals surface area contributed by atoms with Crippen LogP contribution < -0.4 is 15.9 Å². The number of rotatable bonds is 4. The number of fused-ring (bicyclic) bond motifs is 1. The molecule has 7 heteroatoms. The predicted octanol–water partition coefficient (Wildman–Crippen LogP) is 2.32. The molecule has 0 amide bonds. The van der Waals surface area contributed by atoms with Gasteiger partial charge in [-0.2, -0.15) is 0 Å².